The van der Waals surface area contributed by atoms with Crippen LogP contribution < -0.4 is 0 Å². The second kappa shape index (κ2) is 5.48. The Labute approximate surface area is 137 Å². The van der Waals surface area contributed by atoms with Gasteiger partial charge in [-0.1, -0.05) is 11.6 Å². The third kappa shape index (κ3) is 2.47. The molecule has 0 amide bonds. The van der Waals surface area contributed by atoms with Gasteiger partial charge in [-0.25, -0.2) is 4.39 Å². The molecule has 3 nitrogen and oxygen atoms in total. The van der Waals surface area contributed by atoms with Gasteiger partial charge in [-0.3, -0.25) is 9.97 Å². The van der Waals surface area contributed by atoms with Gasteiger partial charge in [0.15, 0.2) is 0 Å². The third-order valence-electron chi connectivity index (χ3n) is 3.69. The summed E-state index contributed by atoms with van der Waals surface area (Å²) >= 11 is 5.99. The maximum Gasteiger partial charge on any atom is 0.142 e. The number of rotatable bonds is 2. The zero-order valence-electron chi connectivity index (χ0n) is 11.9. The number of hydrogen-bond acceptors (Lipinski definition) is 2. The molecule has 0 aliphatic rings. The van der Waals surface area contributed by atoms with Crippen LogP contribution in [0.1, 0.15) is 0 Å². The number of nitrogens with zero attached hydrogens (tertiary/aromatic N) is 3. The molecule has 0 spiro atoms. The Bertz CT molecular complexity index is 993. The lowest BCUT2D eigenvalue weighted by molar-refractivity contribution is 0.622. The molecule has 112 valence electrons. The maximum atomic E-state index is 13.6. The SMILES string of the molecule is Fc1cncc(-c2cc3ccncc3n2-c2ccc(Cl)cc2)c1. The van der Waals surface area contributed by atoms with Crippen LogP contribution in [0.2, 0.25) is 5.02 Å². The Kier molecular flexibility index (Phi) is 3.32. The molecule has 0 N–H and O–H groups in total. The predicted octanol–water partition coefficient (Wildman–Crippen LogP) is 4.88. The molecule has 0 atom stereocenters. The van der Waals surface area contributed by atoms with E-state index in [-0.39, 0.29) is 5.82 Å². The molecule has 3 heterocycles. The summed E-state index contributed by atoms with van der Waals surface area (Å²) < 4.78 is 15.6. The van der Waals surface area contributed by atoms with Crippen molar-refractivity contribution < 1.29 is 4.39 Å². The van der Waals surface area contributed by atoms with Crippen molar-refractivity contribution in [2.24, 2.45) is 0 Å². The van der Waals surface area contributed by atoms with Gasteiger partial charge in [-0.2, -0.15) is 0 Å². The second-order valence-corrected chi connectivity index (χ2v) is 5.60. The van der Waals surface area contributed by atoms with Crippen molar-refractivity contribution >= 4 is 22.5 Å². The van der Waals surface area contributed by atoms with Crippen LogP contribution in [0.3, 0.4) is 0 Å². The zero-order chi connectivity index (χ0) is 15.8. The van der Waals surface area contributed by atoms with Crippen molar-refractivity contribution in [2.75, 3.05) is 0 Å². The first kappa shape index (κ1) is 13.9. The van der Waals surface area contributed by atoms with Crippen LogP contribution >= 0.6 is 11.6 Å². The quantitative estimate of drug-likeness (QED) is 0.526. The predicted molar refractivity (Wildman–Crippen MR) is 89.3 cm³/mol. The Balaban J connectivity index is 2.04. The van der Waals surface area contributed by atoms with E-state index in [9.17, 15) is 4.39 Å². The molecule has 23 heavy (non-hydrogen) atoms. The molecule has 5 heteroatoms. The number of hydrogen-bond donors (Lipinski definition) is 0. The normalized spacial score (nSPS) is 11.0. The zero-order valence-corrected chi connectivity index (χ0v) is 12.7. The first-order chi connectivity index (χ1) is 11.2. The summed E-state index contributed by atoms with van der Waals surface area (Å²) in [5, 5.41) is 1.69. The smallest absolute Gasteiger partial charge is 0.142 e. The van der Waals surface area contributed by atoms with Crippen LogP contribution in [0.4, 0.5) is 4.39 Å². The molecule has 0 saturated carbocycles. The van der Waals surface area contributed by atoms with E-state index in [4.69, 9.17) is 11.6 Å². The monoisotopic (exact) mass is 323 g/mol. The van der Waals surface area contributed by atoms with Crippen LogP contribution in [-0.2, 0) is 0 Å². The fraction of sp³-hybridized carbons (Fsp3) is 0. The van der Waals surface area contributed by atoms with E-state index >= 15 is 0 Å². The Hall–Kier alpha value is -2.72. The maximum absolute atomic E-state index is 13.6. The number of halogens is 2. The van der Waals surface area contributed by atoms with Gasteiger partial charge in [0.25, 0.3) is 0 Å². The Morgan fingerprint density at radius 2 is 1.74 bits per heavy atom. The molecule has 4 aromatic rings. The average molecular weight is 324 g/mol. The lowest BCUT2D eigenvalue weighted by Gasteiger charge is -2.11. The molecular weight excluding hydrogens is 313 g/mol. The van der Waals surface area contributed by atoms with Crippen molar-refractivity contribution in [3.63, 3.8) is 0 Å². The molecule has 0 fully saturated rings. The van der Waals surface area contributed by atoms with Crippen LogP contribution in [0, 0.1) is 5.82 Å². The molecule has 0 unspecified atom stereocenters. The molecule has 0 radical (unpaired) electrons. The van der Waals surface area contributed by atoms with E-state index in [1.807, 2.05) is 41.0 Å². The summed E-state index contributed by atoms with van der Waals surface area (Å²) in [4.78, 5) is 8.16. The van der Waals surface area contributed by atoms with Crippen LogP contribution in [0.5, 0.6) is 0 Å². The highest BCUT2D eigenvalue weighted by Crippen LogP contribution is 2.31. The summed E-state index contributed by atoms with van der Waals surface area (Å²) in [5.74, 6) is -0.367. The molecule has 3 aromatic heterocycles. The fourth-order valence-electron chi connectivity index (χ4n) is 2.68. The van der Waals surface area contributed by atoms with Crippen molar-refractivity contribution in [3.8, 4) is 16.9 Å². The summed E-state index contributed by atoms with van der Waals surface area (Å²) in [5.41, 5.74) is 3.42. The second-order valence-electron chi connectivity index (χ2n) is 5.17. The molecule has 0 aliphatic heterocycles. The van der Waals surface area contributed by atoms with Crippen molar-refractivity contribution in [1.82, 2.24) is 14.5 Å². The van der Waals surface area contributed by atoms with Crippen LogP contribution in [0.15, 0.2) is 67.3 Å². The first-order valence-electron chi connectivity index (χ1n) is 7.05. The summed E-state index contributed by atoms with van der Waals surface area (Å²) in [7, 11) is 0. The topological polar surface area (TPSA) is 30.7 Å². The standard InChI is InChI=1S/C18H11ClFN3/c19-14-1-3-16(4-2-14)23-17(13-7-15(20)10-22-9-13)8-12-5-6-21-11-18(12)23/h1-11H. The van der Waals surface area contributed by atoms with Crippen molar-refractivity contribution in [1.29, 1.82) is 0 Å². The number of aromatic nitrogens is 3. The Morgan fingerprint density at radius 3 is 2.52 bits per heavy atom. The number of pyridine rings is 2. The minimum atomic E-state index is -0.367. The van der Waals surface area contributed by atoms with Gasteiger partial charge in [0, 0.05) is 34.1 Å². The molecule has 0 bridgehead atoms. The molecule has 0 saturated heterocycles. The third-order valence-corrected chi connectivity index (χ3v) is 3.94. The molecule has 0 aliphatic carbocycles. The lowest BCUT2D eigenvalue weighted by Crippen LogP contribution is -1.97. The molecule has 4 rings (SSSR count). The van der Waals surface area contributed by atoms with Crippen molar-refractivity contribution in [2.45, 2.75) is 0 Å². The van der Waals surface area contributed by atoms with Gasteiger partial charge in [0.2, 0.25) is 0 Å². The fourth-order valence-corrected chi connectivity index (χ4v) is 2.81. The van der Waals surface area contributed by atoms with Crippen LogP contribution in [0.25, 0.3) is 27.8 Å². The van der Waals surface area contributed by atoms with Crippen LogP contribution in [-0.4, -0.2) is 14.5 Å². The highest BCUT2D eigenvalue weighted by molar-refractivity contribution is 6.30. The van der Waals surface area contributed by atoms with E-state index in [1.54, 1.807) is 18.6 Å². The minimum absolute atomic E-state index is 0.367. The summed E-state index contributed by atoms with van der Waals surface area (Å²) in [6.07, 6.45) is 6.37. The van der Waals surface area contributed by atoms with Crippen molar-refractivity contribution in [3.05, 3.63) is 78.1 Å². The van der Waals surface area contributed by atoms with Gasteiger partial charge < -0.3 is 4.57 Å². The Morgan fingerprint density at radius 1 is 0.913 bits per heavy atom. The highest BCUT2D eigenvalue weighted by Gasteiger charge is 2.13. The van der Waals surface area contributed by atoms with E-state index in [1.165, 1.54) is 12.3 Å². The minimum Gasteiger partial charge on any atom is -0.308 e. The van der Waals surface area contributed by atoms with E-state index in [0.717, 1.165) is 22.3 Å². The summed E-state index contributed by atoms with van der Waals surface area (Å²) in [6, 6.07) is 12.9. The van der Waals surface area contributed by atoms with Gasteiger partial charge in [-0.15, -0.1) is 0 Å². The number of benzene rings is 1. The molecule has 1 aromatic carbocycles. The molecular formula is C18H11ClFN3. The van der Waals surface area contributed by atoms with Gasteiger partial charge in [0.05, 0.1) is 23.6 Å². The van der Waals surface area contributed by atoms with E-state index < -0.39 is 0 Å². The van der Waals surface area contributed by atoms with E-state index in [2.05, 4.69) is 9.97 Å². The van der Waals surface area contributed by atoms with Gasteiger partial charge in [0.1, 0.15) is 5.82 Å². The lowest BCUT2D eigenvalue weighted by atomic mass is 10.2. The largest absolute Gasteiger partial charge is 0.308 e. The van der Waals surface area contributed by atoms with E-state index in [0.29, 0.717) is 10.6 Å². The average Bonchev–Trinajstić information content (AvgIpc) is 2.95. The first-order valence-corrected chi connectivity index (χ1v) is 7.42. The van der Waals surface area contributed by atoms with Gasteiger partial charge >= 0.3 is 0 Å². The number of fused-ring (bicyclic) bond motifs is 1. The van der Waals surface area contributed by atoms with Gasteiger partial charge in [-0.05, 0) is 42.5 Å². The summed E-state index contributed by atoms with van der Waals surface area (Å²) in [6.45, 7) is 0. The highest BCUT2D eigenvalue weighted by atomic mass is 35.5.